The molecule has 0 radical (unpaired) electrons. The number of nitrogens with zero attached hydrogens (tertiary/aromatic N) is 2. The number of anilines is 1. The Balaban J connectivity index is 3.22. The molecule has 1 rings (SSSR count). The second kappa shape index (κ2) is 3.90. The van der Waals surface area contributed by atoms with Gasteiger partial charge in [-0.3, -0.25) is 0 Å². The van der Waals surface area contributed by atoms with Gasteiger partial charge in [0.25, 0.3) is 0 Å². The molecular weight excluding hydrogens is 167 g/mol. The van der Waals surface area contributed by atoms with E-state index in [1.807, 2.05) is 24.9 Å². The summed E-state index contributed by atoms with van der Waals surface area (Å²) in [7, 11) is 1.83. The molecule has 1 aromatic carbocycles. The molecule has 0 fully saturated rings. The van der Waals surface area contributed by atoms with Crippen molar-refractivity contribution in [2.45, 2.75) is 6.92 Å². The number of benzene rings is 1. The summed E-state index contributed by atoms with van der Waals surface area (Å²) in [4.78, 5) is 1.83. The first kappa shape index (κ1) is 9.53. The van der Waals surface area contributed by atoms with Crippen LogP contribution in [0.1, 0.15) is 12.5 Å². The lowest BCUT2D eigenvalue weighted by Gasteiger charge is -2.17. The van der Waals surface area contributed by atoms with E-state index < -0.39 is 5.82 Å². The predicted octanol–water partition coefficient (Wildman–Crippen LogP) is 2.15. The van der Waals surface area contributed by atoms with Gasteiger partial charge in [0.2, 0.25) is 0 Å². The molecule has 0 spiro atoms. The highest BCUT2D eigenvalue weighted by atomic mass is 19.1. The first-order valence-electron chi connectivity index (χ1n) is 4.10. The highest BCUT2D eigenvalue weighted by Crippen LogP contribution is 2.20. The maximum atomic E-state index is 13.1. The molecule has 1 aromatic rings. The third-order valence-electron chi connectivity index (χ3n) is 1.99. The van der Waals surface area contributed by atoms with E-state index in [1.54, 1.807) is 12.1 Å². The molecule has 0 saturated carbocycles. The minimum atomic E-state index is -0.458. The normalized spacial score (nSPS) is 9.38. The van der Waals surface area contributed by atoms with E-state index in [2.05, 4.69) is 0 Å². The minimum absolute atomic E-state index is 0.117. The fraction of sp³-hybridized carbons (Fsp3) is 0.300. The first-order chi connectivity index (χ1) is 6.20. The third-order valence-corrected chi connectivity index (χ3v) is 1.99. The number of halogens is 1. The van der Waals surface area contributed by atoms with Gasteiger partial charge in [-0.15, -0.1) is 0 Å². The summed E-state index contributed by atoms with van der Waals surface area (Å²) >= 11 is 0. The molecule has 0 saturated heterocycles. The Bertz CT molecular complexity index is 341. The van der Waals surface area contributed by atoms with Gasteiger partial charge in [0.05, 0.1) is 5.69 Å². The van der Waals surface area contributed by atoms with Gasteiger partial charge in [0.1, 0.15) is 17.4 Å². The molecule has 0 unspecified atom stereocenters. The number of nitriles is 1. The number of hydrogen-bond donors (Lipinski definition) is 0. The van der Waals surface area contributed by atoms with Crippen molar-refractivity contribution in [2.24, 2.45) is 0 Å². The fourth-order valence-corrected chi connectivity index (χ4v) is 1.11. The third kappa shape index (κ3) is 1.78. The van der Waals surface area contributed by atoms with Crippen LogP contribution >= 0.6 is 0 Å². The Labute approximate surface area is 77.2 Å². The van der Waals surface area contributed by atoms with E-state index >= 15 is 0 Å². The van der Waals surface area contributed by atoms with Crippen LogP contribution < -0.4 is 4.90 Å². The van der Waals surface area contributed by atoms with Crippen LogP contribution in [0.2, 0.25) is 0 Å². The monoisotopic (exact) mass is 178 g/mol. The summed E-state index contributed by atoms with van der Waals surface area (Å²) in [6.07, 6.45) is 0. The van der Waals surface area contributed by atoms with Crippen LogP contribution in [0.3, 0.4) is 0 Å². The summed E-state index contributed by atoms with van der Waals surface area (Å²) in [6.45, 7) is 2.70. The van der Waals surface area contributed by atoms with Gasteiger partial charge in [-0.25, -0.2) is 4.39 Å². The van der Waals surface area contributed by atoms with Crippen LogP contribution in [0.4, 0.5) is 10.1 Å². The Morgan fingerprint density at radius 3 is 2.77 bits per heavy atom. The van der Waals surface area contributed by atoms with Gasteiger partial charge >= 0.3 is 0 Å². The lowest BCUT2D eigenvalue weighted by atomic mass is 10.1. The molecule has 0 aromatic heterocycles. The Kier molecular flexibility index (Phi) is 2.86. The van der Waals surface area contributed by atoms with Crippen LogP contribution in [0.15, 0.2) is 18.2 Å². The summed E-state index contributed by atoms with van der Waals surface area (Å²) in [5.74, 6) is -0.458. The molecule has 0 heterocycles. The lowest BCUT2D eigenvalue weighted by molar-refractivity contribution is 0.623. The van der Waals surface area contributed by atoms with Crippen molar-refractivity contribution in [3.05, 3.63) is 29.6 Å². The second-order valence-electron chi connectivity index (χ2n) is 2.76. The molecule has 13 heavy (non-hydrogen) atoms. The zero-order chi connectivity index (χ0) is 9.84. The molecule has 0 atom stereocenters. The number of rotatable bonds is 2. The average molecular weight is 178 g/mol. The highest BCUT2D eigenvalue weighted by molar-refractivity contribution is 5.59. The van der Waals surface area contributed by atoms with Crippen molar-refractivity contribution < 1.29 is 4.39 Å². The van der Waals surface area contributed by atoms with E-state index in [1.165, 1.54) is 6.07 Å². The van der Waals surface area contributed by atoms with Crippen molar-refractivity contribution in [1.29, 1.82) is 5.26 Å². The van der Waals surface area contributed by atoms with Crippen molar-refractivity contribution in [3.63, 3.8) is 0 Å². The molecule has 68 valence electrons. The zero-order valence-corrected chi connectivity index (χ0v) is 7.71. The average Bonchev–Trinajstić information content (AvgIpc) is 2.16. The SMILES string of the molecule is CCN(C)c1cccc(F)c1C#N. The largest absolute Gasteiger partial charge is 0.374 e. The molecule has 0 amide bonds. The molecule has 0 aliphatic rings. The second-order valence-corrected chi connectivity index (χ2v) is 2.76. The summed E-state index contributed by atoms with van der Waals surface area (Å²) in [5.41, 5.74) is 0.761. The number of hydrogen-bond acceptors (Lipinski definition) is 2. The predicted molar refractivity (Wildman–Crippen MR) is 50.1 cm³/mol. The van der Waals surface area contributed by atoms with E-state index in [0.29, 0.717) is 5.69 Å². The van der Waals surface area contributed by atoms with Gasteiger partial charge in [-0.1, -0.05) is 6.07 Å². The summed E-state index contributed by atoms with van der Waals surface area (Å²) in [5, 5.41) is 8.73. The van der Waals surface area contributed by atoms with Crippen LogP contribution in [0.25, 0.3) is 0 Å². The van der Waals surface area contributed by atoms with Crippen LogP contribution in [0, 0.1) is 17.1 Å². The minimum Gasteiger partial charge on any atom is -0.374 e. The van der Waals surface area contributed by atoms with E-state index in [0.717, 1.165) is 6.54 Å². The van der Waals surface area contributed by atoms with Crippen molar-refractivity contribution in [2.75, 3.05) is 18.5 Å². The van der Waals surface area contributed by atoms with Crippen molar-refractivity contribution >= 4 is 5.69 Å². The van der Waals surface area contributed by atoms with Gasteiger partial charge in [0, 0.05) is 13.6 Å². The summed E-state index contributed by atoms with van der Waals surface area (Å²) < 4.78 is 13.1. The molecule has 3 heteroatoms. The Morgan fingerprint density at radius 1 is 1.54 bits per heavy atom. The van der Waals surface area contributed by atoms with Gasteiger partial charge < -0.3 is 4.90 Å². The smallest absolute Gasteiger partial charge is 0.143 e. The summed E-state index contributed by atoms with van der Waals surface area (Å²) in [6, 6.07) is 6.51. The molecular formula is C10H11FN2. The van der Waals surface area contributed by atoms with Gasteiger partial charge in [-0.2, -0.15) is 5.26 Å². The van der Waals surface area contributed by atoms with E-state index in [-0.39, 0.29) is 5.56 Å². The Hall–Kier alpha value is -1.56. The topological polar surface area (TPSA) is 27.0 Å². The molecule has 0 N–H and O–H groups in total. The first-order valence-corrected chi connectivity index (χ1v) is 4.10. The molecule has 2 nitrogen and oxygen atoms in total. The van der Waals surface area contributed by atoms with Gasteiger partial charge in [-0.05, 0) is 19.1 Å². The standard InChI is InChI=1S/C10H11FN2/c1-3-13(2)10-6-4-5-9(11)8(10)7-12/h4-6H,3H2,1-2H3. The fourth-order valence-electron chi connectivity index (χ4n) is 1.11. The van der Waals surface area contributed by atoms with E-state index in [9.17, 15) is 4.39 Å². The van der Waals surface area contributed by atoms with Crippen LogP contribution in [-0.2, 0) is 0 Å². The highest BCUT2D eigenvalue weighted by Gasteiger charge is 2.09. The Morgan fingerprint density at radius 2 is 2.23 bits per heavy atom. The molecule has 0 aliphatic heterocycles. The van der Waals surface area contributed by atoms with E-state index in [4.69, 9.17) is 5.26 Å². The van der Waals surface area contributed by atoms with Crippen LogP contribution in [-0.4, -0.2) is 13.6 Å². The molecule has 0 bridgehead atoms. The maximum absolute atomic E-state index is 13.1. The zero-order valence-electron chi connectivity index (χ0n) is 7.71. The van der Waals surface area contributed by atoms with Gasteiger partial charge in [0.15, 0.2) is 0 Å². The quantitative estimate of drug-likeness (QED) is 0.693. The molecule has 0 aliphatic carbocycles. The van der Waals surface area contributed by atoms with Crippen molar-refractivity contribution in [3.8, 4) is 6.07 Å². The maximum Gasteiger partial charge on any atom is 0.143 e. The lowest BCUT2D eigenvalue weighted by Crippen LogP contribution is -2.17. The van der Waals surface area contributed by atoms with Crippen molar-refractivity contribution in [1.82, 2.24) is 0 Å². The van der Waals surface area contributed by atoms with Crippen LogP contribution in [0.5, 0.6) is 0 Å².